The van der Waals surface area contributed by atoms with E-state index in [0.717, 1.165) is 12.8 Å². The first-order valence-electron chi connectivity index (χ1n) is 3.78. The van der Waals surface area contributed by atoms with Gasteiger partial charge in [-0.25, -0.2) is 0 Å². The van der Waals surface area contributed by atoms with E-state index in [1.165, 1.54) is 11.1 Å². The van der Waals surface area contributed by atoms with E-state index in [9.17, 15) is 0 Å². The monoisotopic (exact) mass is 134 g/mol. The van der Waals surface area contributed by atoms with Crippen molar-refractivity contribution in [3.63, 3.8) is 0 Å². The second-order valence-corrected chi connectivity index (χ2v) is 2.85. The van der Waals surface area contributed by atoms with Crippen molar-refractivity contribution >= 4 is 0 Å². The fourth-order valence-corrected chi connectivity index (χ4v) is 1.13. The maximum absolute atomic E-state index is 2.25. The van der Waals surface area contributed by atoms with Gasteiger partial charge in [-0.15, -0.1) is 0 Å². The van der Waals surface area contributed by atoms with Crippen molar-refractivity contribution in [3.05, 3.63) is 35.5 Å². The maximum atomic E-state index is 2.25. The topological polar surface area (TPSA) is 0 Å². The van der Waals surface area contributed by atoms with Crippen LogP contribution in [0.1, 0.15) is 26.7 Å². The average Bonchev–Trinajstić information content (AvgIpc) is 1.83. The van der Waals surface area contributed by atoms with Gasteiger partial charge in [0, 0.05) is 0 Å². The van der Waals surface area contributed by atoms with Gasteiger partial charge in [0.05, 0.1) is 0 Å². The minimum atomic E-state index is 1.09. The van der Waals surface area contributed by atoms with Crippen molar-refractivity contribution in [2.75, 3.05) is 0 Å². The summed E-state index contributed by atoms with van der Waals surface area (Å²) in [6, 6.07) is 0. The van der Waals surface area contributed by atoms with Crippen molar-refractivity contribution in [2.24, 2.45) is 0 Å². The van der Waals surface area contributed by atoms with Gasteiger partial charge in [-0.05, 0) is 26.7 Å². The molecular weight excluding hydrogens is 120 g/mol. The van der Waals surface area contributed by atoms with E-state index < -0.39 is 0 Å². The second kappa shape index (κ2) is 3.40. The highest BCUT2D eigenvalue weighted by Crippen LogP contribution is 2.10. The molecule has 0 aliphatic heterocycles. The Morgan fingerprint density at radius 2 is 2.00 bits per heavy atom. The third kappa shape index (κ3) is 2.22. The van der Waals surface area contributed by atoms with Crippen molar-refractivity contribution < 1.29 is 0 Å². The van der Waals surface area contributed by atoms with Crippen LogP contribution in [0.15, 0.2) is 35.5 Å². The van der Waals surface area contributed by atoms with Gasteiger partial charge in [0.25, 0.3) is 0 Å². The fraction of sp³-hybridized carbons (Fsp3) is 0.400. The van der Waals surface area contributed by atoms with Gasteiger partial charge in [0.1, 0.15) is 0 Å². The van der Waals surface area contributed by atoms with E-state index in [4.69, 9.17) is 0 Å². The minimum Gasteiger partial charge on any atom is -0.0844 e. The highest BCUT2D eigenvalue weighted by Gasteiger charge is 1.89. The highest BCUT2D eigenvalue weighted by molar-refractivity contribution is 5.24. The quantitative estimate of drug-likeness (QED) is 0.446. The van der Waals surface area contributed by atoms with Crippen molar-refractivity contribution in [1.29, 1.82) is 0 Å². The first-order valence-corrected chi connectivity index (χ1v) is 3.78. The fourth-order valence-electron chi connectivity index (χ4n) is 1.13. The van der Waals surface area contributed by atoms with Crippen LogP contribution in [0.4, 0.5) is 0 Å². The molecule has 0 aromatic heterocycles. The summed E-state index contributed by atoms with van der Waals surface area (Å²) in [7, 11) is 0. The first kappa shape index (κ1) is 7.33. The molecule has 54 valence electrons. The van der Waals surface area contributed by atoms with E-state index in [1.807, 2.05) is 0 Å². The zero-order chi connectivity index (χ0) is 7.40. The van der Waals surface area contributed by atoms with Crippen LogP contribution in [0.5, 0.6) is 0 Å². The van der Waals surface area contributed by atoms with Gasteiger partial charge in [0.2, 0.25) is 0 Å². The molecule has 0 aromatic rings. The Labute approximate surface area is 62.9 Å². The van der Waals surface area contributed by atoms with Crippen molar-refractivity contribution in [3.8, 4) is 0 Å². The molecule has 0 heteroatoms. The molecular formula is C10H14. The number of rotatable bonds is 0. The van der Waals surface area contributed by atoms with Crippen LogP contribution in [0, 0.1) is 0 Å². The molecule has 1 aliphatic carbocycles. The Hall–Kier alpha value is -0.780. The molecule has 0 saturated carbocycles. The summed E-state index contributed by atoms with van der Waals surface area (Å²) in [5.74, 6) is 0. The Balaban J connectivity index is 2.77. The smallest absolute Gasteiger partial charge is 0.0138 e. The Morgan fingerprint density at radius 1 is 1.20 bits per heavy atom. The Morgan fingerprint density at radius 3 is 2.80 bits per heavy atom. The summed E-state index contributed by atoms with van der Waals surface area (Å²) in [4.78, 5) is 0. The summed E-state index contributed by atoms with van der Waals surface area (Å²) in [5.41, 5.74) is 2.84. The molecule has 0 unspecified atom stereocenters. The third-order valence-electron chi connectivity index (χ3n) is 1.66. The summed E-state index contributed by atoms with van der Waals surface area (Å²) in [6.45, 7) is 4.33. The molecule has 0 saturated heterocycles. The van der Waals surface area contributed by atoms with Crippen LogP contribution in [0.3, 0.4) is 0 Å². The summed E-state index contributed by atoms with van der Waals surface area (Å²) < 4.78 is 0. The van der Waals surface area contributed by atoms with Crippen LogP contribution < -0.4 is 0 Å². The van der Waals surface area contributed by atoms with Gasteiger partial charge in [-0.2, -0.15) is 0 Å². The number of hydrogen-bond donors (Lipinski definition) is 0. The molecule has 10 heavy (non-hydrogen) atoms. The van der Waals surface area contributed by atoms with E-state index in [2.05, 4.69) is 38.2 Å². The molecule has 0 bridgehead atoms. The first-order chi connectivity index (χ1) is 4.79. The molecule has 0 spiro atoms. The Kier molecular flexibility index (Phi) is 2.49. The number of allylic oxidation sites excluding steroid dienone is 6. The lowest BCUT2D eigenvalue weighted by molar-refractivity contribution is 1.16. The maximum Gasteiger partial charge on any atom is -0.0138 e. The third-order valence-corrected chi connectivity index (χ3v) is 1.66. The van der Waals surface area contributed by atoms with Crippen molar-refractivity contribution in [2.45, 2.75) is 26.7 Å². The average molecular weight is 134 g/mol. The molecule has 0 fully saturated rings. The normalized spacial score (nSPS) is 29.4. The van der Waals surface area contributed by atoms with Crippen LogP contribution in [-0.2, 0) is 0 Å². The molecule has 0 radical (unpaired) electrons. The molecule has 0 aromatic carbocycles. The van der Waals surface area contributed by atoms with Gasteiger partial charge in [-0.3, -0.25) is 0 Å². The SMILES string of the molecule is CC1=C/CC=CC/C(C)=C\1. The molecule has 0 heterocycles. The zero-order valence-electron chi connectivity index (χ0n) is 6.72. The molecule has 0 N–H and O–H groups in total. The lowest BCUT2D eigenvalue weighted by Crippen LogP contribution is -1.79. The second-order valence-electron chi connectivity index (χ2n) is 2.85. The standard InChI is InChI=1S/C10H14/c1-9-6-4-3-5-7-10(2)8-9/h3-4,7-8H,5-6H2,1-2H3/b4-3?,9-8-,10-7-. The van der Waals surface area contributed by atoms with E-state index in [0.29, 0.717) is 0 Å². The minimum absolute atomic E-state index is 1.09. The van der Waals surface area contributed by atoms with Crippen LogP contribution >= 0.6 is 0 Å². The number of hydrogen-bond acceptors (Lipinski definition) is 0. The molecule has 0 atom stereocenters. The molecule has 0 nitrogen and oxygen atoms in total. The lowest BCUT2D eigenvalue weighted by atomic mass is 10.1. The lowest BCUT2D eigenvalue weighted by Gasteiger charge is -1.99. The molecule has 1 aliphatic rings. The van der Waals surface area contributed by atoms with Crippen LogP contribution in [0.25, 0.3) is 0 Å². The van der Waals surface area contributed by atoms with Crippen LogP contribution in [0.2, 0.25) is 0 Å². The van der Waals surface area contributed by atoms with Crippen LogP contribution in [-0.4, -0.2) is 0 Å². The van der Waals surface area contributed by atoms with E-state index in [-0.39, 0.29) is 0 Å². The predicted octanol–water partition coefficient (Wildman–Crippen LogP) is 3.23. The summed E-state index contributed by atoms with van der Waals surface area (Å²) in [6.07, 6.45) is 11.2. The Bertz CT molecular complexity index is 192. The largest absolute Gasteiger partial charge is 0.0844 e. The van der Waals surface area contributed by atoms with Gasteiger partial charge in [-0.1, -0.05) is 35.5 Å². The van der Waals surface area contributed by atoms with E-state index in [1.54, 1.807) is 0 Å². The molecule has 0 amide bonds. The summed E-state index contributed by atoms with van der Waals surface area (Å²) in [5, 5.41) is 0. The van der Waals surface area contributed by atoms with Crippen molar-refractivity contribution in [1.82, 2.24) is 0 Å². The molecule has 1 rings (SSSR count). The van der Waals surface area contributed by atoms with E-state index >= 15 is 0 Å². The summed E-state index contributed by atoms with van der Waals surface area (Å²) >= 11 is 0. The van der Waals surface area contributed by atoms with Gasteiger partial charge in [0.15, 0.2) is 0 Å². The predicted molar refractivity (Wildman–Crippen MR) is 45.9 cm³/mol. The van der Waals surface area contributed by atoms with Gasteiger partial charge >= 0.3 is 0 Å². The van der Waals surface area contributed by atoms with Gasteiger partial charge < -0.3 is 0 Å². The highest BCUT2D eigenvalue weighted by atomic mass is 14.0. The zero-order valence-corrected chi connectivity index (χ0v) is 6.72.